The number of carboxylic acid groups (broad SMARTS) is 1. The molecular formula is C33H52O8Si. The van der Waals surface area contributed by atoms with Gasteiger partial charge in [0.05, 0.1) is 45.4 Å². The number of ether oxygens (including phenoxy) is 3. The first kappa shape index (κ1) is 37.1. The Balaban J connectivity index is 0.000000429. The lowest BCUT2D eigenvalue weighted by Crippen LogP contribution is -2.40. The third-order valence-electron chi connectivity index (χ3n) is 8.72. The number of aliphatic hydroxyl groups is 1. The zero-order chi connectivity index (χ0) is 29.9. The van der Waals surface area contributed by atoms with Crippen LogP contribution >= 0.6 is 0 Å². The molecule has 0 amide bonds. The quantitative estimate of drug-likeness (QED) is 0.220. The normalized spacial score (nSPS) is 15.9. The summed E-state index contributed by atoms with van der Waals surface area (Å²) in [5.74, 6) is 0.455. The number of methoxy groups -OCH3 is 3. The molecule has 236 valence electrons. The van der Waals surface area contributed by atoms with E-state index in [-0.39, 0.29) is 32.5 Å². The van der Waals surface area contributed by atoms with Crippen LogP contribution in [0.3, 0.4) is 0 Å². The van der Waals surface area contributed by atoms with Crippen LogP contribution in [0.15, 0.2) is 36.4 Å². The molecule has 42 heavy (non-hydrogen) atoms. The fraction of sp³-hybridized carbons (Fsp3) is 0.576. The van der Waals surface area contributed by atoms with E-state index in [1.807, 2.05) is 12.1 Å². The summed E-state index contributed by atoms with van der Waals surface area (Å²) in [7, 11) is 2.80. The van der Waals surface area contributed by atoms with Gasteiger partial charge in [-0.25, -0.2) is 0 Å². The van der Waals surface area contributed by atoms with E-state index in [0.717, 1.165) is 35.3 Å². The maximum Gasteiger partial charge on any atom is 0.316 e. The van der Waals surface area contributed by atoms with Crippen LogP contribution in [0.25, 0.3) is 0 Å². The summed E-state index contributed by atoms with van der Waals surface area (Å²) in [6.45, 7) is 11.5. The van der Waals surface area contributed by atoms with Gasteiger partial charge in [0.25, 0.3) is 0 Å². The average Bonchev–Trinajstić information content (AvgIpc) is 3.85. The fourth-order valence-electron chi connectivity index (χ4n) is 4.55. The Morgan fingerprint density at radius 1 is 0.833 bits per heavy atom. The van der Waals surface area contributed by atoms with Crippen LogP contribution in [-0.2, 0) is 42.8 Å². The predicted molar refractivity (Wildman–Crippen MR) is 169 cm³/mol. The predicted octanol–water partition coefficient (Wildman–Crippen LogP) is 7.00. The number of aliphatic hydroxyl groups excluding tert-OH is 1. The summed E-state index contributed by atoms with van der Waals surface area (Å²) in [6, 6.07) is 11.2. The summed E-state index contributed by atoms with van der Waals surface area (Å²) >= 11 is 0. The van der Waals surface area contributed by atoms with Gasteiger partial charge < -0.3 is 28.8 Å². The molecule has 0 aliphatic heterocycles. The Bertz CT molecular complexity index is 1220. The van der Waals surface area contributed by atoms with Crippen LogP contribution < -0.4 is 9.47 Å². The van der Waals surface area contributed by atoms with Crippen LogP contribution in [0.1, 0.15) is 83.6 Å². The Hall–Kier alpha value is -2.88. The number of carbonyl (C=O) groups excluding carboxylic acids is 1. The maximum absolute atomic E-state index is 12.1. The molecule has 0 bridgehead atoms. The SMILES string of the molecule is C.C.COC(=O)C1(c2ccc(OC)c(CO[Si](C)(C)C(C)(C)C)c2)CC1.COc1ccc(C2(C(=O)O)CC2)cc1CO. The van der Waals surface area contributed by atoms with Gasteiger partial charge in [0.1, 0.15) is 11.5 Å². The van der Waals surface area contributed by atoms with E-state index in [9.17, 15) is 14.7 Å². The first-order chi connectivity index (χ1) is 18.7. The van der Waals surface area contributed by atoms with Crippen molar-refractivity contribution in [2.75, 3.05) is 21.3 Å². The van der Waals surface area contributed by atoms with Gasteiger partial charge in [-0.05, 0) is 79.2 Å². The number of carboxylic acids is 1. The van der Waals surface area contributed by atoms with Gasteiger partial charge in [-0.15, -0.1) is 0 Å². The van der Waals surface area contributed by atoms with Crippen molar-refractivity contribution in [3.63, 3.8) is 0 Å². The molecule has 0 saturated heterocycles. The minimum Gasteiger partial charge on any atom is -0.496 e. The number of carbonyl (C=O) groups is 2. The van der Waals surface area contributed by atoms with E-state index < -0.39 is 25.1 Å². The van der Waals surface area contributed by atoms with Crippen molar-refractivity contribution in [3.8, 4) is 11.5 Å². The summed E-state index contributed by atoms with van der Waals surface area (Å²) in [6.07, 6.45) is 3.02. The lowest BCUT2D eigenvalue weighted by Gasteiger charge is -2.36. The van der Waals surface area contributed by atoms with E-state index in [4.69, 9.17) is 23.7 Å². The monoisotopic (exact) mass is 604 g/mol. The average molecular weight is 605 g/mol. The van der Waals surface area contributed by atoms with E-state index in [1.54, 1.807) is 25.3 Å². The number of aliphatic carboxylic acids is 1. The molecule has 0 heterocycles. The highest BCUT2D eigenvalue weighted by molar-refractivity contribution is 6.74. The molecule has 2 aliphatic rings. The van der Waals surface area contributed by atoms with Gasteiger partial charge in [-0.1, -0.05) is 47.8 Å². The standard InChI is InChI=1S/C19H30O4Si.C12H14O4.2CH4/c1-18(2,3)24(6,7)23-13-14-12-15(8-9-16(14)21-4)19(10-11-19)17(20)22-5;1-16-10-3-2-9(6-8(10)7-13)12(4-5-12)11(14)15;;/h8-9,12H,10-11,13H2,1-7H3;2-3,6,13H,4-5,7H2,1H3,(H,14,15);2*1H4. The molecule has 0 radical (unpaired) electrons. The highest BCUT2D eigenvalue weighted by atomic mass is 28.4. The van der Waals surface area contributed by atoms with Gasteiger partial charge >= 0.3 is 11.9 Å². The van der Waals surface area contributed by atoms with Crippen molar-refractivity contribution in [1.29, 1.82) is 0 Å². The molecule has 2 aromatic rings. The van der Waals surface area contributed by atoms with E-state index >= 15 is 0 Å². The fourth-order valence-corrected chi connectivity index (χ4v) is 5.49. The van der Waals surface area contributed by atoms with Crippen LogP contribution in [0.4, 0.5) is 0 Å². The first-order valence-electron chi connectivity index (χ1n) is 13.6. The molecule has 2 aromatic carbocycles. The van der Waals surface area contributed by atoms with E-state index in [0.29, 0.717) is 30.8 Å². The molecule has 8 nitrogen and oxygen atoms in total. The molecular weight excluding hydrogens is 552 g/mol. The molecule has 0 unspecified atom stereocenters. The first-order valence-corrected chi connectivity index (χ1v) is 16.5. The minimum absolute atomic E-state index is 0. The number of hydrogen-bond donors (Lipinski definition) is 2. The third-order valence-corrected chi connectivity index (χ3v) is 13.2. The smallest absolute Gasteiger partial charge is 0.316 e. The second-order valence-corrected chi connectivity index (χ2v) is 17.0. The van der Waals surface area contributed by atoms with Crippen molar-refractivity contribution < 1.29 is 38.4 Å². The molecule has 2 saturated carbocycles. The molecule has 0 atom stereocenters. The molecule has 2 aliphatic carbocycles. The second-order valence-electron chi connectivity index (χ2n) is 12.2. The second kappa shape index (κ2) is 14.1. The van der Waals surface area contributed by atoms with Crippen LogP contribution in [0, 0.1) is 0 Å². The van der Waals surface area contributed by atoms with Crippen molar-refractivity contribution >= 4 is 20.3 Å². The third kappa shape index (κ3) is 7.54. The van der Waals surface area contributed by atoms with Gasteiger partial charge in [0.15, 0.2) is 8.32 Å². The number of esters is 1. The van der Waals surface area contributed by atoms with Crippen LogP contribution in [0.5, 0.6) is 11.5 Å². The molecule has 4 rings (SSSR count). The number of rotatable bonds is 10. The topological polar surface area (TPSA) is 112 Å². The van der Waals surface area contributed by atoms with Crippen molar-refractivity contribution in [1.82, 2.24) is 0 Å². The molecule has 0 spiro atoms. The zero-order valence-corrected chi connectivity index (χ0v) is 26.1. The molecule has 9 heteroatoms. The highest BCUT2D eigenvalue weighted by Crippen LogP contribution is 2.50. The summed E-state index contributed by atoms with van der Waals surface area (Å²) in [5, 5.41) is 18.5. The molecule has 2 N–H and O–H groups in total. The largest absolute Gasteiger partial charge is 0.496 e. The van der Waals surface area contributed by atoms with Crippen molar-refractivity contribution in [2.45, 2.75) is 103 Å². The Morgan fingerprint density at radius 2 is 1.29 bits per heavy atom. The molecule has 0 aromatic heterocycles. The summed E-state index contributed by atoms with van der Waals surface area (Å²) in [5.41, 5.74) is 2.19. The Morgan fingerprint density at radius 3 is 1.67 bits per heavy atom. The van der Waals surface area contributed by atoms with Crippen molar-refractivity contribution in [2.24, 2.45) is 0 Å². The van der Waals surface area contributed by atoms with E-state index in [2.05, 4.69) is 39.9 Å². The lowest BCUT2D eigenvalue weighted by molar-refractivity contribution is -0.143. The number of hydrogen-bond acceptors (Lipinski definition) is 7. The van der Waals surface area contributed by atoms with Crippen LogP contribution in [0.2, 0.25) is 18.1 Å². The maximum atomic E-state index is 12.1. The van der Waals surface area contributed by atoms with Gasteiger partial charge in [0, 0.05) is 11.1 Å². The highest BCUT2D eigenvalue weighted by Gasteiger charge is 2.53. The molecule has 2 fully saturated rings. The minimum atomic E-state index is -1.85. The lowest BCUT2D eigenvalue weighted by atomic mass is 9.94. The summed E-state index contributed by atoms with van der Waals surface area (Å²) in [4.78, 5) is 23.3. The Labute approximate surface area is 253 Å². The summed E-state index contributed by atoms with van der Waals surface area (Å²) < 4.78 is 21.9. The van der Waals surface area contributed by atoms with Gasteiger partial charge in [-0.3, -0.25) is 9.59 Å². The van der Waals surface area contributed by atoms with Crippen LogP contribution in [-0.4, -0.2) is 51.8 Å². The number of benzene rings is 2. The zero-order valence-electron chi connectivity index (χ0n) is 25.1. The Kier molecular flexibility index (Phi) is 12.4. The van der Waals surface area contributed by atoms with Gasteiger partial charge in [0.2, 0.25) is 0 Å². The van der Waals surface area contributed by atoms with E-state index in [1.165, 1.54) is 14.2 Å². The van der Waals surface area contributed by atoms with Crippen molar-refractivity contribution in [3.05, 3.63) is 58.7 Å². The van der Waals surface area contributed by atoms with Gasteiger partial charge in [-0.2, -0.15) is 0 Å².